The van der Waals surface area contributed by atoms with Crippen molar-refractivity contribution in [2.75, 3.05) is 13.7 Å². The Morgan fingerprint density at radius 2 is 1.97 bits per heavy atom. The molecule has 2 aliphatic heterocycles. The molecule has 0 bridgehead atoms. The number of H-pyrrole nitrogens is 2. The number of hydrogen-bond acceptors (Lipinski definition) is 7. The van der Waals surface area contributed by atoms with E-state index in [2.05, 4.69) is 25.8 Å². The maximum absolute atomic E-state index is 13.1. The molecule has 176 valence electrons. The van der Waals surface area contributed by atoms with Gasteiger partial charge in [0.15, 0.2) is 5.54 Å². The summed E-state index contributed by atoms with van der Waals surface area (Å²) in [5.74, 6) is -0.258. The average Bonchev–Trinajstić information content (AvgIpc) is 3.60. The summed E-state index contributed by atoms with van der Waals surface area (Å²) < 4.78 is 11.1. The highest BCUT2D eigenvalue weighted by Gasteiger charge is 2.53. The molecule has 0 spiro atoms. The van der Waals surface area contributed by atoms with Crippen LogP contribution in [0.4, 0.5) is 4.79 Å². The van der Waals surface area contributed by atoms with Crippen LogP contribution in [0.25, 0.3) is 22.4 Å². The molecular weight excluding hydrogens is 456 g/mol. The number of fused-ring (bicyclic) bond motifs is 2. The van der Waals surface area contributed by atoms with Gasteiger partial charge in [0.05, 0.1) is 19.3 Å². The predicted octanol–water partition coefficient (Wildman–Crippen LogP) is 1.21. The number of pyridine rings is 1. The lowest BCUT2D eigenvalue weighted by Crippen LogP contribution is -2.52. The maximum atomic E-state index is 13.1. The summed E-state index contributed by atoms with van der Waals surface area (Å²) in [6.07, 6.45) is 1.52. The van der Waals surface area contributed by atoms with Crippen molar-refractivity contribution in [2.24, 2.45) is 0 Å². The number of nitrogens with zero attached hydrogens (tertiary/aromatic N) is 2. The van der Waals surface area contributed by atoms with E-state index in [0.717, 1.165) is 5.56 Å². The van der Waals surface area contributed by atoms with Crippen LogP contribution in [-0.2, 0) is 16.9 Å². The van der Waals surface area contributed by atoms with Gasteiger partial charge in [-0.3, -0.25) is 29.9 Å². The van der Waals surface area contributed by atoms with E-state index in [1.165, 1.54) is 24.3 Å². The van der Waals surface area contributed by atoms with Crippen molar-refractivity contribution in [3.05, 3.63) is 69.8 Å². The largest absolute Gasteiger partial charge is 0.497 e. The second-order valence-corrected chi connectivity index (χ2v) is 8.40. The highest BCUT2D eigenvalue weighted by atomic mass is 16.5. The van der Waals surface area contributed by atoms with Crippen LogP contribution in [0.1, 0.15) is 21.7 Å². The average molecular weight is 474 g/mol. The van der Waals surface area contributed by atoms with Crippen LogP contribution < -0.4 is 20.9 Å². The van der Waals surface area contributed by atoms with Crippen LogP contribution in [0.2, 0.25) is 0 Å². The van der Waals surface area contributed by atoms with Crippen molar-refractivity contribution < 1.29 is 23.5 Å². The van der Waals surface area contributed by atoms with E-state index in [-0.39, 0.29) is 36.0 Å². The minimum absolute atomic E-state index is 0.129. The number of carbonyl (C=O) groups is 3. The minimum atomic E-state index is -1.65. The highest BCUT2D eigenvalue weighted by molar-refractivity contribution is 6.08. The number of imide groups is 1. The number of furan rings is 1. The van der Waals surface area contributed by atoms with Gasteiger partial charge in [-0.1, -0.05) is 6.07 Å². The summed E-state index contributed by atoms with van der Waals surface area (Å²) in [7, 11) is 1.51. The first-order chi connectivity index (χ1) is 16.9. The number of rotatable bonds is 5. The van der Waals surface area contributed by atoms with E-state index in [0.29, 0.717) is 28.0 Å². The first-order valence-corrected chi connectivity index (χ1v) is 10.6. The molecule has 6 rings (SSSR count). The number of aromatic nitrogens is 3. The predicted molar refractivity (Wildman–Crippen MR) is 121 cm³/mol. The summed E-state index contributed by atoms with van der Waals surface area (Å²) >= 11 is 0. The molecule has 1 unspecified atom stereocenters. The van der Waals surface area contributed by atoms with Gasteiger partial charge in [0, 0.05) is 35.3 Å². The molecule has 4 amide bonds. The molecule has 1 atom stereocenters. The maximum Gasteiger partial charge on any atom is 0.322 e. The normalized spacial score (nSPS) is 19.2. The van der Waals surface area contributed by atoms with Crippen LogP contribution in [0.15, 0.2) is 51.8 Å². The van der Waals surface area contributed by atoms with Crippen molar-refractivity contribution in [3.63, 3.8) is 0 Å². The van der Waals surface area contributed by atoms with Crippen LogP contribution in [0, 0.1) is 0 Å². The molecule has 3 aromatic heterocycles. The van der Waals surface area contributed by atoms with Gasteiger partial charge in [-0.2, -0.15) is 0 Å². The Morgan fingerprint density at radius 1 is 1.11 bits per heavy atom. The van der Waals surface area contributed by atoms with E-state index in [9.17, 15) is 19.2 Å². The number of benzene rings is 1. The van der Waals surface area contributed by atoms with E-state index in [4.69, 9.17) is 9.15 Å². The molecule has 4 N–H and O–H groups in total. The fraction of sp³-hybridized carbons (Fsp3) is 0.174. The number of ether oxygens (including phenoxy) is 1. The number of methoxy groups -OCH3 is 1. The summed E-state index contributed by atoms with van der Waals surface area (Å²) in [4.78, 5) is 55.6. The Kier molecular flexibility index (Phi) is 4.33. The molecule has 0 aliphatic carbocycles. The highest BCUT2D eigenvalue weighted by Crippen LogP contribution is 2.35. The van der Waals surface area contributed by atoms with Crippen molar-refractivity contribution in [2.45, 2.75) is 12.1 Å². The van der Waals surface area contributed by atoms with E-state index >= 15 is 0 Å². The summed E-state index contributed by atoms with van der Waals surface area (Å²) in [5.41, 5.74) is 0.706. The first kappa shape index (κ1) is 20.7. The molecule has 0 saturated carbocycles. The monoisotopic (exact) mass is 474 g/mol. The molecule has 35 heavy (non-hydrogen) atoms. The van der Waals surface area contributed by atoms with Gasteiger partial charge in [0.2, 0.25) is 5.71 Å². The van der Waals surface area contributed by atoms with Crippen LogP contribution >= 0.6 is 0 Å². The van der Waals surface area contributed by atoms with Gasteiger partial charge in [-0.05, 0) is 29.8 Å². The zero-order valence-electron chi connectivity index (χ0n) is 18.3. The molecule has 0 radical (unpaired) electrons. The smallest absolute Gasteiger partial charge is 0.322 e. The summed E-state index contributed by atoms with van der Waals surface area (Å²) in [6, 6.07) is 9.23. The first-order valence-electron chi connectivity index (χ1n) is 10.6. The van der Waals surface area contributed by atoms with Gasteiger partial charge < -0.3 is 19.4 Å². The second kappa shape index (κ2) is 7.32. The van der Waals surface area contributed by atoms with Crippen LogP contribution in [-0.4, -0.2) is 51.6 Å². The van der Waals surface area contributed by atoms with Crippen molar-refractivity contribution in [3.8, 4) is 17.0 Å². The van der Waals surface area contributed by atoms with Gasteiger partial charge in [0.25, 0.3) is 17.4 Å². The molecule has 1 aromatic carbocycles. The molecule has 5 heterocycles. The van der Waals surface area contributed by atoms with E-state index in [1.807, 2.05) is 0 Å². The molecule has 4 aromatic rings. The van der Waals surface area contributed by atoms with Gasteiger partial charge in [0.1, 0.15) is 11.5 Å². The molecule has 12 heteroatoms. The third-order valence-electron chi connectivity index (χ3n) is 6.27. The van der Waals surface area contributed by atoms with Gasteiger partial charge in [-0.15, -0.1) is 0 Å². The Bertz CT molecular complexity index is 1600. The molecule has 12 nitrogen and oxygen atoms in total. The third-order valence-corrected chi connectivity index (χ3v) is 6.27. The third kappa shape index (κ3) is 3.18. The Hall–Kier alpha value is -4.87. The number of nitrogens with one attached hydrogen (secondary N) is 4. The standard InChI is InChI=1S/C23H18N6O6/c1-34-14-3-2-11-9-29(20(31)15(11)6-14)10-23(21(32)25-22(33)26-23)17-5-12-4-13(8-24-19(12)35-17)16-7-18(30)28-27-16/h2-8H,9-10H2,1H3,(H2,27,28,30)(H2,25,26,32,33). The zero-order chi connectivity index (χ0) is 24.3. The second-order valence-electron chi connectivity index (χ2n) is 8.40. The lowest BCUT2D eigenvalue weighted by atomic mass is 9.95. The number of amides is 4. The number of urea groups is 1. The Balaban J connectivity index is 1.39. The summed E-state index contributed by atoms with van der Waals surface area (Å²) in [6.45, 7) is 0.102. The number of hydrogen-bond donors (Lipinski definition) is 4. The van der Waals surface area contributed by atoms with E-state index in [1.54, 1.807) is 30.3 Å². The van der Waals surface area contributed by atoms with Crippen molar-refractivity contribution >= 4 is 28.9 Å². The SMILES string of the molecule is COc1ccc2c(c1)C(=O)N(CC1(c3cc4cc(-c5cc(=O)[nH][nH]5)cnc4o3)NC(=O)NC1=O)C2. The molecular formula is C23H18N6O6. The number of carbonyl (C=O) groups excluding carboxylic acids is 3. The lowest BCUT2D eigenvalue weighted by Gasteiger charge is -2.28. The summed E-state index contributed by atoms with van der Waals surface area (Å²) in [5, 5.41) is 10.7. The fourth-order valence-corrected chi connectivity index (χ4v) is 4.51. The quantitative estimate of drug-likeness (QED) is 0.316. The lowest BCUT2D eigenvalue weighted by molar-refractivity contribution is -0.125. The fourth-order valence-electron chi connectivity index (χ4n) is 4.51. The van der Waals surface area contributed by atoms with Gasteiger partial charge in [-0.25, -0.2) is 9.78 Å². The topological polar surface area (TPSA) is 162 Å². The molecule has 1 saturated heterocycles. The Labute approximate surface area is 196 Å². The molecule has 1 fully saturated rings. The molecule has 2 aliphatic rings. The minimum Gasteiger partial charge on any atom is -0.497 e. The zero-order valence-corrected chi connectivity index (χ0v) is 18.3. The van der Waals surface area contributed by atoms with Gasteiger partial charge >= 0.3 is 6.03 Å². The Morgan fingerprint density at radius 3 is 2.69 bits per heavy atom. The van der Waals surface area contributed by atoms with Crippen LogP contribution in [0.3, 0.4) is 0 Å². The number of aromatic amines is 2. The van der Waals surface area contributed by atoms with Crippen molar-refractivity contribution in [1.29, 1.82) is 0 Å². The van der Waals surface area contributed by atoms with E-state index < -0.39 is 17.5 Å². The van der Waals surface area contributed by atoms with Crippen molar-refractivity contribution in [1.82, 2.24) is 30.7 Å². The van der Waals surface area contributed by atoms with Crippen LogP contribution in [0.5, 0.6) is 5.75 Å².